The van der Waals surface area contributed by atoms with E-state index < -0.39 is 24.4 Å². The van der Waals surface area contributed by atoms with Crippen molar-refractivity contribution in [1.29, 1.82) is 0 Å². The fraction of sp³-hybridized carbons (Fsp3) is 0.556. The van der Waals surface area contributed by atoms with Gasteiger partial charge in [0.05, 0.1) is 12.5 Å². The highest BCUT2D eigenvalue weighted by Crippen LogP contribution is 2.24. The van der Waals surface area contributed by atoms with Crippen LogP contribution in [0.15, 0.2) is 30.3 Å². The Hall–Kier alpha value is -1.96. The summed E-state index contributed by atoms with van der Waals surface area (Å²) >= 11 is 0. The van der Waals surface area contributed by atoms with Crippen molar-refractivity contribution in [2.45, 2.75) is 43.7 Å². The molecule has 2 amide bonds. The zero-order valence-corrected chi connectivity index (χ0v) is 14.0. The van der Waals surface area contributed by atoms with Crippen LogP contribution in [-0.2, 0) is 9.53 Å². The third-order valence-corrected chi connectivity index (χ3v) is 4.80. The van der Waals surface area contributed by atoms with Crippen molar-refractivity contribution in [1.82, 2.24) is 10.2 Å². The average Bonchev–Trinajstić information content (AvgIpc) is 3.25. The van der Waals surface area contributed by atoms with Crippen LogP contribution in [-0.4, -0.2) is 71.0 Å². The third kappa shape index (κ3) is 4.18. The van der Waals surface area contributed by atoms with Gasteiger partial charge in [0.1, 0.15) is 18.3 Å². The van der Waals surface area contributed by atoms with E-state index in [1.54, 1.807) is 29.2 Å². The maximum atomic E-state index is 12.2. The molecule has 136 valence electrons. The lowest BCUT2D eigenvalue weighted by Crippen LogP contribution is -2.40. The molecule has 2 saturated heterocycles. The molecule has 0 bridgehead atoms. The normalized spacial score (nSPS) is 29.0. The van der Waals surface area contributed by atoms with Crippen molar-refractivity contribution in [3.05, 3.63) is 35.9 Å². The topological polar surface area (TPSA) is 99.1 Å². The lowest BCUT2D eigenvalue weighted by molar-refractivity contribution is -0.134. The Balaban J connectivity index is 1.51. The number of hydrogen-bond donors (Lipinski definition) is 3. The molecule has 0 saturated carbocycles. The maximum absolute atomic E-state index is 12.2. The van der Waals surface area contributed by atoms with Gasteiger partial charge in [0, 0.05) is 25.2 Å². The maximum Gasteiger partial charge on any atom is 0.251 e. The summed E-state index contributed by atoms with van der Waals surface area (Å²) in [4.78, 5) is 26.0. The first-order chi connectivity index (χ1) is 12.1. The van der Waals surface area contributed by atoms with Gasteiger partial charge in [0.25, 0.3) is 5.91 Å². The molecule has 7 nitrogen and oxygen atoms in total. The van der Waals surface area contributed by atoms with Crippen LogP contribution in [0.5, 0.6) is 0 Å². The quantitative estimate of drug-likeness (QED) is 0.691. The van der Waals surface area contributed by atoms with Crippen LogP contribution >= 0.6 is 0 Å². The summed E-state index contributed by atoms with van der Waals surface area (Å²) in [5.41, 5.74) is 0.510. The van der Waals surface area contributed by atoms with E-state index in [0.29, 0.717) is 5.56 Å². The number of nitrogens with zero attached hydrogens (tertiary/aromatic N) is 1. The minimum atomic E-state index is -1.13. The van der Waals surface area contributed by atoms with Gasteiger partial charge in [-0.2, -0.15) is 0 Å². The number of likely N-dealkylation sites (tertiary alicyclic amines) is 1. The number of nitrogens with one attached hydrogen (secondary N) is 1. The molecule has 3 N–H and O–H groups in total. The van der Waals surface area contributed by atoms with Crippen molar-refractivity contribution in [2.24, 2.45) is 0 Å². The molecule has 25 heavy (non-hydrogen) atoms. The van der Waals surface area contributed by atoms with Gasteiger partial charge in [-0.05, 0) is 25.0 Å². The number of aliphatic hydroxyl groups excluding tert-OH is 2. The van der Waals surface area contributed by atoms with Crippen LogP contribution in [0.3, 0.4) is 0 Å². The molecule has 0 radical (unpaired) electrons. The first kappa shape index (κ1) is 17.8. The molecule has 2 aliphatic rings. The molecule has 1 aromatic rings. The van der Waals surface area contributed by atoms with E-state index in [1.165, 1.54) is 0 Å². The first-order valence-corrected chi connectivity index (χ1v) is 8.69. The third-order valence-electron chi connectivity index (χ3n) is 4.80. The molecule has 0 aliphatic carbocycles. The van der Waals surface area contributed by atoms with Crippen molar-refractivity contribution in [3.63, 3.8) is 0 Å². The van der Waals surface area contributed by atoms with Crippen LogP contribution in [0.4, 0.5) is 0 Å². The average molecular weight is 348 g/mol. The van der Waals surface area contributed by atoms with E-state index in [9.17, 15) is 19.8 Å². The Morgan fingerprint density at radius 2 is 1.72 bits per heavy atom. The summed E-state index contributed by atoms with van der Waals surface area (Å²) in [7, 11) is 0. The highest BCUT2D eigenvalue weighted by atomic mass is 16.5. The number of amides is 2. The van der Waals surface area contributed by atoms with Gasteiger partial charge < -0.3 is 25.2 Å². The number of ether oxygens (including phenoxy) is 1. The zero-order valence-electron chi connectivity index (χ0n) is 14.0. The summed E-state index contributed by atoms with van der Waals surface area (Å²) in [6.07, 6.45) is -1.72. The molecule has 3 rings (SSSR count). The highest BCUT2D eigenvalue weighted by Gasteiger charge is 2.43. The van der Waals surface area contributed by atoms with Gasteiger partial charge in [-0.1, -0.05) is 18.2 Å². The van der Waals surface area contributed by atoms with E-state index in [4.69, 9.17) is 4.74 Å². The van der Waals surface area contributed by atoms with Crippen molar-refractivity contribution < 1.29 is 24.5 Å². The Bertz CT molecular complexity index is 603. The molecule has 0 spiro atoms. The van der Waals surface area contributed by atoms with E-state index in [0.717, 1.165) is 25.9 Å². The van der Waals surface area contributed by atoms with Gasteiger partial charge in [-0.3, -0.25) is 9.59 Å². The predicted molar refractivity (Wildman–Crippen MR) is 89.9 cm³/mol. The molecule has 2 heterocycles. The minimum Gasteiger partial charge on any atom is -0.388 e. The molecule has 7 heteroatoms. The molecule has 1 aromatic carbocycles. The summed E-state index contributed by atoms with van der Waals surface area (Å²) in [5.74, 6) is -0.342. The predicted octanol–water partition coefficient (Wildman–Crippen LogP) is -0.0819. The summed E-state index contributed by atoms with van der Waals surface area (Å²) in [6, 6.07) is 8.72. The van der Waals surface area contributed by atoms with Gasteiger partial charge in [-0.15, -0.1) is 0 Å². The second-order valence-corrected chi connectivity index (χ2v) is 6.56. The summed E-state index contributed by atoms with van der Waals surface area (Å²) in [5, 5.41) is 23.0. The smallest absolute Gasteiger partial charge is 0.251 e. The Morgan fingerprint density at radius 3 is 2.40 bits per heavy atom. The van der Waals surface area contributed by atoms with Crippen LogP contribution in [0.1, 0.15) is 29.6 Å². The van der Waals surface area contributed by atoms with E-state index in [-0.39, 0.29) is 24.8 Å². The second-order valence-electron chi connectivity index (χ2n) is 6.56. The van der Waals surface area contributed by atoms with Gasteiger partial charge >= 0.3 is 0 Å². The summed E-state index contributed by atoms with van der Waals surface area (Å²) in [6.45, 7) is 1.54. The second kappa shape index (κ2) is 7.95. The lowest BCUT2D eigenvalue weighted by Gasteiger charge is -2.19. The Kier molecular flexibility index (Phi) is 5.67. The number of aliphatic hydroxyl groups is 2. The van der Waals surface area contributed by atoms with E-state index in [1.807, 2.05) is 6.07 Å². The minimum absolute atomic E-state index is 0.0430. The van der Waals surface area contributed by atoms with Crippen LogP contribution in [0.25, 0.3) is 0 Å². The zero-order chi connectivity index (χ0) is 17.8. The largest absolute Gasteiger partial charge is 0.388 e. The van der Waals surface area contributed by atoms with Gasteiger partial charge in [0.15, 0.2) is 0 Å². The molecular formula is C18H24N2O5. The SMILES string of the molecule is O=C(NC[C@H]1O[C@@H](CC(=O)N2CCCC2)[C@H](O)[C@@H]1O)c1ccccc1. The van der Waals surface area contributed by atoms with Crippen LogP contribution in [0, 0.1) is 0 Å². The van der Waals surface area contributed by atoms with E-state index >= 15 is 0 Å². The number of carbonyl (C=O) groups excluding carboxylic acids is 2. The molecular weight excluding hydrogens is 324 g/mol. The fourth-order valence-corrected chi connectivity index (χ4v) is 3.32. The van der Waals surface area contributed by atoms with Gasteiger partial charge in [0.2, 0.25) is 5.91 Å². The number of hydrogen-bond acceptors (Lipinski definition) is 5. The Labute approximate surface area is 146 Å². The van der Waals surface area contributed by atoms with Gasteiger partial charge in [-0.25, -0.2) is 0 Å². The first-order valence-electron chi connectivity index (χ1n) is 8.69. The fourth-order valence-electron chi connectivity index (χ4n) is 3.32. The molecule has 0 unspecified atom stereocenters. The Morgan fingerprint density at radius 1 is 1.08 bits per heavy atom. The van der Waals surface area contributed by atoms with Crippen molar-refractivity contribution in [3.8, 4) is 0 Å². The monoisotopic (exact) mass is 348 g/mol. The number of carbonyl (C=O) groups is 2. The molecule has 4 atom stereocenters. The van der Waals surface area contributed by atoms with Crippen LogP contribution in [0.2, 0.25) is 0 Å². The van der Waals surface area contributed by atoms with E-state index in [2.05, 4.69) is 5.32 Å². The number of rotatable bonds is 5. The molecule has 0 aromatic heterocycles. The number of benzene rings is 1. The molecule has 2 aliphatic heterocycles. The molecule has 2 fully saturated rings. The van der Waals surface area contributed by atoms with Crippen LogP contribution < -0.4 is 5.32 Å². The summed E-state index contributed by atoms with van der Waals surface area (Å²) < 4.78 is 5.64. The van der Waals surface area contributed by atoms with Crippen molar-refractivity contribution >= 4 is 11.8 Å². The van der Waals surface area contributed by atoms with Crippen molar-refractivity contribution in [2.75, 3.05) is 19.6 Å². The standard InChI is InChI=1S/C18H24N2O5/c21-15(20-8-4-5-9-20)10-13-16(22)17(23)14(25-13)11-19-18(24)12-6-2-1-3-7-12/h1-3,6-7,13-14,16-17,22-23H,4-5,8-11H2,(H,19,24)/t13-,14+,16-,17+/m0/s1. The highest BCUT2D eigenvalue weighted by molar-refractivity contribution is 5.94. The lowest BCUT2D eigenvalue weighted by atomic mass is 10.0.